The standard InChI is InChI=1S/C18H36NO/c1-2-3-4-5-6-7-8-9-10-11-12-13-14-17-15-16-18(20)19-17/h17-18,20H,2-16H2,1H3. The molecule has 2 heteroatoms. The second-order valence-corrected chi connectivity index (χ2v) is 6.54. The van der Waals surface area contributed by atoms with Crippen LogP contribution in [0.2, 0.25) is 0 Å². The highest BCUT2D eigenvalue weighted by atomic mass is 16.3. The van der Waals surface area contributed by atoms with Crippen molar-refractivity contribution >= 4 is 0 Å². The van der Waals surface area contributed by atoms with Gasteiger partial charge in [-0.25, -0.2) is 5.32 Å². The van der Waals surface area contributed by atoms with E-state index in [-0.39, 0.29) is 6.23 Å². The summed E-state index contributed by atoms with van der Waals surface area (Å²) in [5.74, 6) is 0. The first-order chi connectivity index (χ1) is 9.83. The van der Waals surface area contributed by atoms with E-state index >= 15 is 0 Å². The number of aliphatic hydroxyl groups is 1. The lowest BCUT2D eigenvalue weighted by Crippen LogP contribution is -2.20. The Morgan fingerprint density at radius 2 is 1.25 bits per heavy atom. The summed E-state index contributed by atoms with van der Waals surface area (Å²) in [4.78, 5) is 0. The lowest BCUT2D eigenvalue weighted by molar-refractivity contribution is 0.149. The summed E-state index contributed by atoms with van der Waals surface area (Å²) in [5.41, 5.74) is 0. The number of rotatable bonds is 13. The summed E-state index contributed by atoms with van der Waals surface area (Å²) in [7, 11) is 0. The molecule has 1 aliphatic heterocycles. The van der Waals surface area contributed by atoms with Gasteiger partial charge in [0.25, 0.3) is 0 Å². The lowest BCUT2D eigenvalue weighted by Gasteiger charge is -2.08. The van der Waals surface area contributed by atoms with E-state index < -0.39 is 0 Å². The fourth-order valence-electron chi connectivity index (χ4n) is 3.17. The van der Waals surface area contributed by atoms with Crippen molar-refractivity contribution in [3.63, 3.8) is 0 Å². The van der Waals surface area contributed by atoms with Crippen LogP contribution >= 0.6 is 0 Å². The van der Waals surface area contributed by atoms with E-state index in [9.17, 15) is 5.11 Å². The van der Waals surface area contributed by atoms with Gasteiger partial charge in [-0.15, -0.1) is 0 Å². The topological polar surface area (TPSA) is 34.3 Å². The molecule has 0 amide bonds. The van der Waals surface area contributed by atoms with Crippen LogP contribution in [0.5, 0.6) is 0 Å². The largest absolute Gasteiger partial charge is 0.377 e. The van der Waals surface area contributed by atoms with E-state index in [1.807, 2.05) is 0 Å². The molecule has 0 spiro atoms. The van der Waals surface area contributed by atoms with E-state index in [1.54, 1.807) is 0 Å². The van der Waals surface area contributed by atoms with E-state index in [0.29, 0.717) is 6.04 Å². The molecule has 2 atom stereocenters. The Morgan fingerprint density at radius 3 is 1.70 bits per heavy atom. The second kappa shape index (κ2) is 12.6. The maximum absolute atomic E-state index is 9.32. The maximum Gasteiger partial charge on any atom is 0.120 e. The van der Waals surface area contributed by atoms with Crippen molar-refractivity contribution in [2.24, 2.45) is 0 Å². The highest BCUT2D eigenvalue weighted by molar-refractivity contribution is 4.76. The lowest BCUT2D eigenvalue weighted by atomic mass is 10.0. The third-order valence-electron chi connectivity index (χ3n) is 4.53. The van der Waals surface area contributed by atoms with Crippen LogP contribution in [0.4, 0.5) is 0 Å². The molecule has 0 aromatic rings. The minimum absolute atomic E-state index is 0.350. The van der Waals surface area contributed by atoms with E-state index in [2.05, 4.69) is 12.2 Å². The van der Waals surface area contributed by atoms with Crippen LogP contribution < -0.4 is 5.32 Å². The highest BCUT2D eigenvalue weighted by Gasteiger charge is 2.22. The van der Waals surface area contributed by atoms with Crippen molar-refractivity contribution in [3.05, 3.63) is 0 Å². The summed E-state index contributed by atoms with van der Waals surface area (Å²) in [5, 5.41) is 13.7. The van der Waals surface area contributed by atoms with Gasteiger partial charge in [-0.3, -0.25) is 0 Å². The Bertz CT molecular complexity index is 208. The van der Waals surface area contributed by atoms with Crippen molar-refractivity contribution < 1.29 is 5.11 Å². The van der Waals surface area contributed by atoms with Crippen LogP contribution in [0.25, 0.3) is 0 Å². The van der Waals surface area contributed by atoms with Gasteiger partial charge in [0.15, 0.2) is 0 Å². The smallest absolute Gasteiger partial charge is 0.120 e. The molecule has 1 saturated heterocycles. The van der Waals surface area contributed by atoms with Gasteiger partial charge >= 0.3 is 0 Å². The fraction of sp³-hybridized carbons (Fsp3) is 1.00. The third-order valence-corrected chi connectivity index (χ3v) is 4.53. The molecule has 0 saturated carbocycles. The van der Waals surface area contributed by atoms with Crippen molar-refractivity contribution in [1.29, 1.82) is 0 Å². The third kappa shape index (κ3) is 9.77. The zero-order chi connectivity index (χ0) is 14.5. The Balaban J connectivity index is 1.70. The van der Waals surface area contributed by atoms with Crippen LogP contribution in [0.1, 0.15) is 103 Å². The van der Waals surface area contributed by atoms with Crippen LogP contribution in [0, 0.1) is 0 Å². The first-order valence-electron chi connectivity index (χ1n) is 9.21. The summed E-state index contributed by atoms with van der Waals surface area (Å²) < 4.78 is 0. The average Bonchev–Trinajstić information content (AvgIpc) is 2.86. The molecule has 1 fully saturated rings. The number of nitrogens with zero attached hydrogens (tertiary/aromatic N) is 1. The normalized spacial score (nSPS) is 22.5. The Labute approximate surface area is 126 Å². The summed E-state index contributed by atoms with van der Waals surface area (Å²) in [6, 6.07) is 0.466. The van der Waals surface area contributed by atoms with Gasteiger partial charge in [0.1, 0.15) is 6.23 Å². The molecule has 1 heterocycles. The predicted molar refractivity (Wildman–Crippen MR) is 86.9 cm³/mol. The summed E-state index contributed by atoms with van der Waals surface area (Å²) in [6.07, 6.45) is 19.8. The molecule has 0 aliphatic carbocycles. The van der Waals surface area contributed by atoms with Gasteiger partial charge < -0.3 is 5.11 Å². The molecule has 2 unspecified atom stereocenters. The van der Waals surface area contributed by atoms with Crippen molar-refractivity contribution in [2.75, 3.05) is 0 Å². The van der Waals surface area contributed by atoms with Gasteiger partial charge in [0.2, 0.25) is 0 Å². The molecular formula is C18H36NO. The molecule has 0 bridgehead atoms. The molecule has 0 aromatic carbocycles. The van der Waals surface area contributed by atoms with Crippen LogP contribution in [0.3, 0.4) is 0 Å². The van der Waals surface area contributed by atoms with Crippen molar-refractivity contribution in [3.8, 4) is 0 Å². The molecule has 1 N–H and O–H groups in total. The number of hydrogen-bond donors (Lipinski definition) is 1. The van der Waals surface area contributed by atoms with Gasteiger partial charge in [-0.2, -0.15) is 0 Å². The fourth-order valence-corrected chi connectivity index (χ4v) is 3.17. The minimum atomic E-state index is -0.350. The summed E-state index contributed by atoms with van der Waals surface area (Å²) in [6.45, 7) is 2.28. The first-order valence-corrected chi connectivity index (χ1v) is 9.21. The highest BCUT2D eigenvalue weighted by Crippen LogP contribution is 2.19. The molecular weight excluding hydrogens is 246 g/mol. The van der Waals surface area contributed by atoms with E-state index in [4.69, 9.17) is 0 Å². The number of aliphatic hydroxyl groups excluding tert-OH is 1. The maximum atomic E-state index is 9.32. The van der Waals surface area contributed by atoms with Crippen LogP contribution in [-0.2, 0) is 0 Å². The molecule has 119 valence electrons. The molecule has 1 aliphatic rings. The van der Waals surface area contributed by atoms with Gasteiger partial charge in [0, 0.05) is 6.04 Å². The molecule has 1 radical (unpaired) electrons. The number of unbranched alkanes of at least 4 members (excludes halogenated alkanes) is 11. The monoisotopic (exact) mass is 282 g/mol. The minimum Gasteiger partial charge on any atom is -0.377 e. The molecule has 1 rings (SSSR count). The number of hydrogen-bond acceptors (Lipinski definition) is 1. The Kier molecular flexibility index (Phi) is 11.4. The molecule has 0 aromatic heterocycles. The van der Waals surface area contributed by atoms with Crippen molar-refractivity contribution in [1.82, 2.24) is 5.32 Å². The zero-order valence-electron chi connectivity index (χ0n) is 13.7. The zero-order valence-corrected chi connectivity index (χ0v) is 13.7. The van der Waals surface area contributed by atoms with Gasteiger partial charge in [-0.1, -0.05) is 84.0 Å². The Morgan fingerprint density at radius 1 is 0.750 bits per heavy atom. The van der Waals surface area contributed by atoms with Crippen LogP contribution in [-0.4, -0.2) is 17.4 Å². The van der Waals surface area contributed by atoms with Gasteiger partial charge in [-0.05, 0) is 19.3 Å². The van der Waals surface area contributed by atoms with E-state index in [0.717, 1.165) is 12.8 Å². The quantitative estimate of drug-likeness (QED) is 0.465. The van der Waals surface area contributed by atoms with E-state index in [1.165, 1.54) is 83.5 Å². The second-order valence-electron chi connectivity index (χ2n) is 6.54. The predicted octanol–water partition coefficient (Wildman–Crippen LogP) is 5.16. The average molecular weight is 282 g/mol. The Hall–Kier alpha value is -0.0800. The molecule has 20 heavy (non-hydrogen) atoms. The van der Waals surface area contributed by atoms with Crippen LogP contribution in [0.15, 0.2) is 0 Å². The SMILES string of the molecule is CCCCCCCCCCCCCCC1CCC(O)[N]1. The summed E-state index contributed by atoms with van der Waals surface area (Å²) >= 11 is 0. The first kappa shape index (κ1) is 18.0. The van der Waals surface area contributed by atoms with Crippen molar-refractivity contribution in [2.45, 2.75) is 116 Å². The van der Waals surface area contributed by atoms with Gasteiger partial charge in [0.05, 0.1) is 0 Å². The molecule has 2 nitrogen and oxygen atoms in total.